The number of nitrogens with one attached hydrogen (secondary N) is 1. The van der Waals surface area contributed by atoms with Gasteiger partial charge in [0.15, 0.2) is 0 Å². The van der Waals surface area contributed by atoms with Crippen LogP contribution in [0.4, 0.5) is 11.6 Å². The predicted molar refractivity (Wildman–Crippen MR) is 67.7 cm³/mol. The number of rotatable bonds is 2. The van der Waals surface area contributed by atoms with E-state index in [-0.39, 0.29) is 0 Å². The molecule has 2 aliphatic rings. The van der Waals surface area contributed by atoms with Crippen molar-refractivity contribution in [2.75, 3.05) is 24.1 Å². The van der Waals surface area contributed by atoms with Gasteiger partial charge in [0.2, 0.25) is 0 Å². The van der Waals surface area contributed by atoms with Gasteiger partial charge in [0, 0.05) is 24.7 Å². The van der Waals surface area contributed by atoms with Gasteiger partial charge in [-0.05, 0) is 32.2 Å². The van der Waals surface area contributed by atoms with Crippen LogP contribution in [-0.4, -0.2) is 40.0 Å². The molecule has 2 fully saturated rings. The molecule has 0 aromatic carbocycles. The van der Waals surface area contributed by atoms with Gasteiger partial charge in [-0.15, -0.1) is 0 Å². The first-order valence-electron chi connectivity index (χ1n) is 6.39. The molecule has 2 saturated heterocycles. The zero-order valence-electron chi connectivity index (χ0n) is 9.97. The van der Waals surface area contributed by atoms with E-state index in [0.29, 0.717) is 11.9 Å². The first-order chi connectivity index (χ1) is 8.31. The average molecular weight is 233 g/mol. The molecule has 5 nitrogen and oxygen atoms in total. The smallest absolute Gasteiger partial charge is 0.131 e. The van der Waals surface area contributed by atoms with Gasteiger partial charge in [-0.2, -0.15) is 0 Å². The highest BCUT2D eigenvalue weighted by Crippen LogP contribution is 2.28. The topological polar surface area (TPSA) is 67.1 Å². The highest BCUT2D eigenvalue weighted by Gasteiger charge is 2.31. The molecular weight excluding hydrogens is 214 g/mol. The minimum Gasteiger partial charge on any atom is -0.384 e. The molecule has 1 aromatic heterocycles. The molecule has 92 valence electrons. The SMILES string of the molecule is Nc1cc(NC2CCN3CCCC3C2)ncn1. The fourth-order valence-electron chi connectivity index (χ4n) is 3.02. The Morgan fingerprint density at radius 3 is 3.12 bits per heavy atom. The van der Waals surface area contributed by atoms with E-state index in [1.54, 1.807) is 6.07 Å². The Kier molecular flexibility index (Phi) is 2.84. The molecule has 3 rings (SSSR count). The lowest BCUT2D eigenvalue weighted by Crippen LogP contribution is -2.42. The van der Waals surface area contributed by atoms with Crippen LogP contribution >= 0.6 is 0 Å². The summed E-state index contributed by atoms with van der Waals surface area (Å²) >= 11 is 0. The summed E-state index contributed by atoms with van der Waals surface area (Å²) in [5.41, 5.74) is 5.65. The van der Waals surface area contributed by atoms with Crippen LogP contribution in [-0.2, 0) is 0 Å². The summed E-state index contributed by atoms with van der Waals surface area (Å²) in [4.78, 5) is 10.7. The van der Waals surface area contributed by atoms with Gasteiger partial charge in [-0.1, -0.05) is 0 Å². The van der Waals surface area contributed by atoms with Crippen molar-refractivity contribution < 1.29 is 0 Å². The Morgan fingerprint density at radius 1 is 1.29 bits per heavy atom. The zero-order valence-corrected chi connectivity index (χ0v) is 9.97. The second kappa shape index (κ2) is 4.49. The van der Waals surface area contributed by atoms with E-state index in [1.165, 1.54) is 45.1 Å². The van der Waals surface area contributed by atoms with Crippen molar-refractivity contribution in [2.24, 2.45) is 0 Å². The van der Waals surface area contributed by atoms with Crippen LogP contribution < -0.4 is 11.1 Å². The number of nitrogens with zero attached hydrogens (tertiary/aromatic N) is 3. The summed E-state index contributed by atoms with van der Waals surface area (Å²) in [6, 6.07) is 3.12. The molecule has 3 N–H and O–H groups in total. The summed E-state index contributed by atoms with van der Waals surface area (Å²) in [7, 11) is 0. The Balaban J connectivity index is 1.62. The second-order valence-electron chi connectivity index (χ2n) is 5.03. The van der Waals surface area contributed by atoms with Crippen molar-refractivity contribution in [1.82, 2.24) is 14.9 Å². The van der Waals surface area contributed by atoms with Crippen LogP contribution in [0.25, 0.3) is 0 Å². The molecule has 2 unspecified atom stereocenters. The summed E-state index contributed by atoms with van der Waals surface area (Å²) < 4.78 is 0. The molecule has 0 spiro atoms. The minimum absolute atomic E-state index is 0.529. The van der Waals surface area contributed by atoms with Crippen molar-refractivity contribution >= 4 is 11.6 Å². The fourth-order valence-corrected chi connectivity index (χ4v) is 3.02. The highest BCUT2D eigenvalue weighted by atomic mass is 15.2. The van der Waals surface area contributed by atoms with Crippen LogP contribution in [0.1, 0.15) is 25.7 Å². The van der Waals surface area contributed by atoms with Crippen molar-refractivity contribution in [3.05, 3.63) is 12.4 Å². The molecule has 0 amide bonds. The van der Waals surface area contributed by atoms with Crippen molar-refractivity contribution in [2.45, 2.75) is 37.8 Å². The van der Waals surface area contributed by atoms with Gasteiger partial charge >= 0.3 is 0 Å². The Bertz CT molecular complexity index is 394. The quantitative estimate of drug-likeness (QED) is 0.800. The molecular formula is C12H19N5. The third-order valence-electron chi connectivity index (χ3n) is 3.86. The number of nitrogens with two attached hydrogens (primary N) is 1. The Hall–Kier alpha value is -1.36. The number of aromatic nitrogens is 2. The normalized spacial score (nSPS) is 28.9. The highest BCUT2D eigenvalue weighted by molar-refractivity contribution is 5.44. The standard InChI is InChI=1S/C12H19N5/c13-11-7-12(15-8-14-11)16-9-3-5-17-4-1-2-10(17)6-9/h7-10H,1-6H2,(H3,13,14,15,16). The molecule has 2 atom stereocenters. The van der Waals surface area contributed by atoms with Crippen LogP contribution in [0, 0.1) is 0 Å². The van der Waals surface area contributed by atoms with Crippen molar-refractivity contribution in [3.63, 3.8) is 0 Å². The Morgan fingerprint density at radius 2 is 2.24 bits per heavy atom. The summed E-state index contributed by atoms with van der Waals surface area (Å²) in [5, 5.41) is 3.48. The molecule has 3 heterocycles. The average Bonchev–Trinajstić information content (AvgIpc) is 2.76. The molecule has 2 aliphatic heterocycles. The van der Waals surface area contributed by atoms with E-state index in [2.05, 4.69) is 20.2 Å². The minimum atomic E-state index is 0.529. The molecule has 0 bridgehead atoms. The van der Waals surface area contributed by atoms with Gasteiger partial charge in [-0.25, -0.2) is 9.97 Å². The van der Waals surface area contributed by atoms with Gasteiger partial charge in [-0.3, -0.25) is 0 Å². The number of anilines is 2. The molecule has 1 aromatic rings. The number of nitrogen functional groups attached to an aromatic ring is 1. The largest absolute Gasteiger partial charge is 0.384 e. The van der Waals surface area contributed by atoms with E-state index < -0.39 is 0 Å². The van der Waals surface area contributed by atoms with E-state index in [1.807, 2.05) is 0 Å². The van der Waals surface area contributed by atoms with Gasteiger partial charge < -0.3 is 16.0 Å². The summed E-state index contributed by atoms with van der Waals surface area (Å²) in [6.07, 6.45) is 6.65. The van der Waals surface area contributed by atoms with E-state index in [4.69, 9.17) is 5.73 Å². The molecule has 5 heteroatoms. The Labute approximate surface area is 101 Å². The van der Waals surface area contributed by atoms with Crippen LogP contribution in [0.3, 0.4) is 0 Å². The predicted octanol–water partition coefficient (Wildman–Crippen LogP) is 1.10. The fraction of sp³-hybridized carbons (Fsp3) is 0.667. The molecule has 17 heavy (non-hydrogen) atoms. The third-order valence-corrected chi connectivity index (χ3v) is 3.86. The van der Waals surface area contributed by atoms with Crippen molar-refractivity contribution in [1.29, 1.82) is 0 Å². The maximum atomic E-state index is 5.65. The van der Waals surface area contributed by atoms with Crippen LogP contribution in [0.2, 0.25) is 0 Å². The lowest BCUT2D eigenvalue weighted by Gasteiger charge is -2.35. The zero-order chi connectivity index (χ0) is 11.7. The van der Waals surface area contributed by atoms with E-state index in [0.717, 1.165) is 11.9 Å². The lowest BCUT2D eigenvalue weighted by atomic mass is 9.97. The lowest BCUT2D eigenvalue weighted by molar-refractivity contribution is 0.188. The maximum Gasteiger partial charge on any atom is 0.131 e. The molecule has 0 radical (unpaired) electrons. The first-order valence-corrected chi connectivity index (χ1v) is 6.39. The van der Waals surface area contributed by atoms with Crippen LogP contribution in [0.5, 0.6) is 0 Å². The number of hydrogen-bond donors (Lipinski definition) is 2. The van der Waals surface area contributed by atoms with Gasteiger partial charge in [0.25, 0.3) is 0 Å². The van der Waals surface area contributed by atoms with Crippen molar-refractivity contribution in [3.8, 4) is 0 Å². The summed E-state index contributed by atoms with van der Waals surface area (Å²) in [5.74, 6) is 1.38. The molecule has 0 aliphatic carbocycles. The van der Waals surface area contributed by atoms with E-state index in [9.17, 15) is 0 Å². The molecule has 0 saturated carbocycles. The van der Waals surface area contributed by atoms with Gasteiger partial charge in [0.05, 0.1) is 0 Å². The third kappa shape index (κ3) is 2.34. The number of piperidine rings is 1. The maximum absolute atomic E-state index is 5.65. The summed E-state index contributed by atoms with van der Waals surface area (Å²) in [6.45, 7) is 2.50. The van der Waals surface area contributed by atoms with Gasteiger partial charge in [0.1, 0.15) is 18.0 Å². The van der Waals surface area contributed by atoms with E-state index >= 15 is 0 Å². The number of hydrogen-bond acceptors (Lipinski definition) is 5. The first kappa shape index (κ1) is 10.8. The van der Waals surface area contributed by atoms with Crippen LogP contribution in [0.15, 0.2) is 12.4 Å². The second-order valence-corrected chi connectivity index (χ2v) is 5.03. The monoisotopic (exact) mass is 233 g/mol. The number of fused-ring (bicyclic) bond motifs is 1.